The predicted octanol–water partition coefficient (Wildman–Crippen LogP) is 3.71. The van der Waals surface area contributed by atoms with Crippen LogP contribution in [0, 0.1) is 0 Å². The highest BCUT2D eigenvalue weighted by atomic mass is 14.5. The summed E-state index contributed by atoms with van der Waals surface area (Å²) in [5, 5.41) is 0. The van der Waals surface area contributed by atoms with Crippen LogP contribution >= 0.6 is 0 Å². The third-order valence-electron chi connectivity index (χ3n) is 2.37. The van der Waals surface area contributed by atoms with Crippen LogP contribution < -0.4 is 11.5 Å². The first-order chi connectivity index (χ1) is 7.24. The first-order valence-electron chi connectivity index (χ1n) is 4.93. The van der Waals surface area contributed by atoms with E-state index in [4.69, 9.17) is 11.5 Å². The zero-order valence-corrected chi connectivity index (χ0v) is 8.48. The van der Waals surface area contributed by atoms with E-state index in [-0.39, 0.29) is 14.9 Å². The maximum absolute atomic E-state index is 5.62. The summed E-state index contributed by atoms with van der Waals surface area (Å²) in [6.07, 6.45) is 0.917. The molecule has 0 spiro atoms. The van der Waals surface area contributed by atoms with Crippen molar-refractivity contribution in [2.45, 2.75) is 21.3 Å². The molecule has 2 aromatic rings. The van der Waals surface area contributed by atoms with Crippen LogP contribution in [0.5, 0.6) is 0 Å². The van der Waals surface area contributed by atoms with E-state index < -0.39 is 0 Å². The van der Waals surface area contributed by atoms with Gasteiger partial charge in [-0.2, -0.15) is 0 Å². The minimum atomic E-state index is 0. The Labute approximate surface area is 104 Å². The van der Waals surface area contributed by atoms with Crippen molar-refractivity contribution in [3.8, 4) is 0 Å². The second kappa shape index (κ2) is 6.59. The van der Waals surface area contributed by atoms with Crippen molar-refractivity contribution in [2.24, 2.45) is 0 Å². The van der Waals surface area contributed by atoms with E-state index >= 15 is 0 Å². The SMILES string of the molecule is C.C.Nc1ccc(Cc2ccc(N)cc2)cc1. The lowest BCUT2D eigenvalue weighted by atomic mass is 10.0. The molecule has 0 unspecified atom stereocenters. The van der Waals surface area contributed by atoms with Crippen molar-refractivity contribution in [3.63, 3.8) is 0 Å². The number of hydrogen-bond acceptors (Lipinski definition) is 2. The molecule has 17 heavy (non-hydrogen) atoms. The highest BCUT2D eigenvalue weighted by Crippen LogP contribution is 2.13. The number of hydrogen-bond donors (Lipinski definition) is 2. The Hall–Kier alpha value is -1.96. The standard InChI is InChI=1S/C13H14N2.2CH4/c14-12-5-1-10(2-6-12)9-11-3-7-13(15)8-4-11;;/h1-8H,9,14-15H2;2*1H4. The normalized spacial score (nSPS) is 8.94. The second-order valence-electron chi connectivity index (χ2n) is 3.66. The van der Waals surface area contributed by atoms with Crippen molar-refractivity contribution in [1.29, 1.82) is 0 Å². The Bertz CT molecular complexity index is 386. The topological polar surface area (TPSA) is 52.0 Å². The number of nitrogens with two attached hydrogens (primary N) is 2. The summed E-state index contributed by atoms with van der Waals surface area (Å²) in [6.45, 7) is 0. The maximum Gasteiger partial charge on any atom is 0.0314 e. The summed E-state index contributed by atoms with van der Waals surface area (Å²) in [7, 11) is 0. The zero-order chi connectivity index (χ0) is 10.7. The van der Waals surface area contributed by atoms with Crippen molar-refractivity contribution >= 4 is 11.4 Å². The van der Waals surface area contributed by atoms with Gasteiger partial charge in [0.25, 0.3) is 0 Å². The fourth-order valence-electron chi connectivity index (χ4n) is 1.51. The van der Waals surface area contributed by atoms with E-state index in [0.29, 0.717) is 0 Å². The fraction of sp³-hybridized carbons (Fsp3) is 0.200. The van der Waals surface area contributed by atoms with E-state index in [9.17, 15) is 0 Å². The molecule has 4 N–H and O–H groups in total. The molecule has 0 amide bonds. The Kier molecular flexibility index (Phi) is 5.83. The predicted molar refractivity (Wildman–Crippen MR) is 78.0 cm³/mol. The number of anilines is 2. The number of benzene rings is 2. The molecule has 0 aliphatic rings. The second-order valence-corrected chi connectivity index (χ2v) is 3.66. The van der Waals surface area contributed by atoms with Crippen LogP contribution in [0.1, 0.15) is 26.0 Å². The smallest absolute Gasteiger partial charge is 0.0314 e. The lowest BCUT2D eigenvalue weighted by molar-refractivity contribution is 1.19. The number of nitrogen functional groups attached to an aromatic ring is 2. The first kappa shape index (κ1) is 15.0. The van der Waals surface area contributed by atoms with Crippen LogP contribution in [-0.2, 0) is 6.42 Å². The van der Waals surface area contributed by atoms with Gasteiger partial charge in [0, 0.05) is 11.4 Å². The molecule has 0 atom stereocenters. The van der Waals surface area contributed by atoms with Crippen molar-refractivity contribution in [2.75, 3.05) is 11.5 Å². The fourth-order valence-corrected chi connectivity index (χ4v) is 1.51. The minimum Gasteiger partial charge on any atom is -0.399 e. The van der Waals surface area contributed by atoms with Gasteiger partial charge < -0.3 is 11.5 Å². The van der Waals surface area contributed by atoms with Gasteiger partial charge in [-0.3, -0.25) is 0 Å². The van der Waals surface area contributed by atoms with Crippen LogP contribution in [-0.4, -0.2) is 0 Å². The molecular formula is C15H22N2. The molecule has 0 aliphatic heterocycles. The third-order valence-corrected chi connectivity index (χ3v) is 2.37. The summed E-state index contributed by atoms with van der Waals surface area (Å²) < 4.78 is 0. The van der Waals surface area contributed by atoms with Crippen LogP contribution in [0.15, 0.2) is 48.5 Å². The summed E-state index contributed by atoms with van der Waals surface area (Å²) in [4.78, 5) is 0. The summed E-state index contributed by atoms with van der Waals surface area (Å²) in [5.41, 5.74) is 15.4. The van der Waals surface area contributed by atoms with Gasteiger partial charge >= 0.3 is 0 Å². The van der Waals surface area contributed by atoms with Gasteiger partial charge in [-0.1, -0.05) is 39.1 Å². The largest absolute Gasteiger partial charge is 0.399 e. The molecule has 0 saturated carbocycles. The quantitative estimate of drug-likeness (QED) is 0.773. The van der Waals surface area contributed by atoms with Gasteiger partial charge in [-0.25, -0.2) is 0 Å². The van der Waals surface area contributed by atoms with E-state index in [0.717, 1.165) is 17.8 Å². The van der Waals surface area contributed by atoms with Crippen LogP contribution in [0.3, 0.4) is 0 Å². The summed E-state index contributed by atoms with van der Waals surface area (Å²) in [6, 6.07) is 15.9. The van der Waals surface area contributed by atoms with Gasteiger partial charge in [0.1, 0.15) is 0 Å². The van der Waals surface area contributed by atoms with Crippen molar-refractivity contribution in [1.82, 2.24) is 0 Å². The Morgan fingerprint density at radius 1 is 0.588 bits per heavy atom. The van der Waals surface area contributed by atoms with Crippen LogP contribution in [0.25, 0.3) is 0 Å². The molecule has 0 saturated heterocycles. The lowest BCUT2D eigenvalue weighted by Crippen LogP contribution is -1.90. The molecule has 2 heteroatoms. The molecular weight excluding hydrogens is 208 g/mol. The summed E-state index contributed by atoms with van der Waals surface area (Å²) in [5.74, 6) is 0. The monoisotopic (exact) mass is 230 g/mol. The van der Waals surface area contributed by atoms with Crippen molar-refractivity contribution < 1.29 is 0 Å². The van der Waals surface area contributed by atoms with Crippen LogP contribution in [0.2, 0.25) is 0 Å². The van der Waals surface area contributed by atoms with Gasteiger partial charge in [-0.05, 0) is 41.8 Å². The zero-order valence-electron chi connectivity index (χ0n) is 8.48. The highest BCUT2D eigenvalue weighted by Gasteiger charge is 1.95. The van der Waals surface area contributed by atoms with Gasteiger partial charge in [-0.15, -0.1) is 0 Å². The Morgan fingerprint density at radius 3 is 1.18 bits per heavy atom. The van der Waals surface area contributed by atoms with E-state index in [1.54, 1.807) is 0 Å². The first-order valence-corrected chi connectivity index (χ1v) is 4.93. The highest BCUT2D eigenvalue weighted by molar-refractivity contribution is 5.43. The summed E-state index contributed by atoms with van der Waals surface area (Å²) >= 11 is 0. The molecule has 0 bridgehead atoms. The molecule has 2 nitrogen and oxygen atoms in total. The Morgan fingerprint density at radius 2 is 0.882 bits per heavy atom. The molecule has 0 fully saturated rings. The van der Waals surface area contributed by atoms with Crippen LogP contribution in [0.4, 0.5) is 11.4 Å². The van der Waals surface area contributed by atoms with E-state index in [1.807, 2.05) is 48.5 Å². The molecule has 92 valence electrons. The molecule has 0 radical (unpaired) electrons. The Balaban J connectivity index is 0.00000128. The molecule has 0 aliphatic carbocycles. The number of rotatable bonds is 2. The van der Waals surface area contributed by atoms with Gasteiger partial charge in [0.2, 0.25) is 0 Å². The average Bonchev–Trinajstić information content (AvgIpc) is 2.25. The maximum atomic E-state index is 5.62. The average molecular weight is 230 g/mol. The minimum absolute atomic E-state index is 0. The molecule has 2 rings (SSSR count). The van der Waals surface area contributed by atoms with E-state index in [2.05, 4.69) is 0 Å². The van der Waals surface area contributed by atoms with Gasteiger partial charge in [0.15, 0.2) is 0 Å². The molecule has 2 aromatic carbocycles. The van der Waals surface area contributed by atoms with Gasteiger partial charge in [0.05, 0.1) is 0 Å². The molecule has 0 aromatic heterocycles. The third kappa shape index (κ3) is 4.19. The van der Waals surface area contributed by atoms with E-state index in [1.165, 1.54) is 11.1 Å². The molecule has 0 heterocycles. The lowest BCUT2D eigenvalue weighted by Gasteiger charge is -2.02. The van der Waals surface area contributed by atoms with Crippen molar-refractivity contribution in [3.05, 3.63) is 59.7 Å².